The molecule has 0 atom stereocenters. The van der Waals surface area contributed by atoms with Crippen LogP contribution >= 0.6 is 0 Å². The summed E-state index contributed by atoms with van der Waals surface area (Å²) in [6.07, 6.45) is 3.47. The SMILES string of the molecule is COc1cccnc1C(=O)Cc1ccccn1. The van der Waals surface area contributed by atoms with Crippen LogP contribution in [-0.4, -0.2) is 22.9 Å². The lowest BCUT2D eigenvalue weighted by Crippen LogP contribution is -2.08. The summed E-state index contributed by atoms with van der Waals surface area (Å²) >= 11 is 0. The Morgan fingerprint density at radius 1 is 1.18 bits per heavy atom. The standard InChI is InChI=1S/C13H12N2O2/c1-17-12-6-4-8-15-13(12)11(16)9-10-5-2-3-7-14-10/h2-8H,9H2,1H3. The average Bonchev–Trinajstić information content (AvgIpc) is 2.40. The van der Waals surface area contributed by atoms with Crippen LogP contribution in [0.5, 0.6) is 5.75 Å². The van der Waals surface area contributed by atoms with Crippen LogP contribution in [0.15, 0.2) is 42.7 Å². The summed E-state index contributed by atoms with van der Waals surface area (Å²) in [4.78, 5) is 20.2. The highest BCUT2D eigenvalue weighted by molar-refractivity contribution is 5.97. The van der Waals surface area contributed by atoms with Gasteiger partial charge in [-0.25, -0.2) is 4.98 Å². The van der Waals surface area contributed by atoms with Crippen molar-refractivity contribution in [2.75, 3.05) is 7.11 Å². The third kappa shape index (κ3) is 2.66. The molecule has 0 amide bonds. The van der Waals surface area contributed by atoms with Crippen molar-refractivity contribution in [3.8, 4) is 5.75 Å². The third-order valence-electron chi connectivity index (χ3n) is 2.32. The van der Waals surface area contributed by atoms with E-state index in [4.69, 9.17) is 4.74 Å². The number of methoxy groups -OCH3 is 1. The molecule has 2 aromatic rings. The van der Waals surface area contributed by atoms with Crippen LogP contribution in [0.3, 0.4) is 0 Å². The molecule has 0 spiro atoms. The van der Waals surface area contributed by atoms with Gasteiger partial charge in [0.15, 0.2) is 5.78 Å². The lowest BCUT2D eigenvalue weighted by Gasteiger charge is -2.05. The highest BCUT2D eigenvalue weighted by Gasteiger charge is 2.14. The van der Waals surface area contributed by atoms with E-state index in [1.165, 1.54) is 7.11 Å². The summed E-state index contributed by atoms with van der Waals surface area (Å²) in [6, 6.07) is 8.93. The number of hydrogen-bond donors (Lipinski definition) is 0. The van der Waals surface area contributed by atoms with Crippen molar-refractivity contribution in [1.29, 1.82) is 0 Å². The van der Waals surface area contributed by atoms with E-state index in [2.05, 4.69) is 9.97 Å². The molecule has 4 nitrogen and oxygen atoms in total. The summed E-state index contributed by atoms with van der Waals surface area (Å²) in [5.74, 6) is 0.398. The molecule has 17 heavy (non-hydrogen) atoms. The maximum atomic E-state index is 12.0. The third-order valence-corrected chi connectivity index (χ3v) is 2.32. The van der Waals surface area contributed by atoms with E-state index >= 15 is 0 Å². The highest BCUT2D eigenvalue weighted by atomic mass is 16.5. The topological polar surface area (TPSA) is 52.1 Å². The van der Waals surface area contributed by atoms with Gasteiger partial charge in [-0.15, -0.1) is 0 Å². The minimum absolute atomic E-state index is 0.0962. The zero-order chi connectivity index (χ0) is 12.1. The number of aromatic nitrogens is 2. The Kier molecular flexibility index (Phi) is 3.45. The van der Waals surface area contributed by atoms with Crippen LogP contribution in [0.1, 0.15) is 16.2 Å². The predicted molar refractivity (Wildman–Crippen MR) is 63.1 cm³/mol. The Labute approximate surface area is 99.3 Å². The summed E-state index contributed by atoms with van der Waals surface area (Å²) in [5, 5.41) is 0. The fraction of sp³-hybridized carbons (Fsp3) is 0.154. The van der Waals surface area contributed by atoms with Gasteiger partial charge in [-0.2, -0.15) is 0 Å². The van der Waals surface area contributed by atoms with Crippen molar-refractivity contribution < 1.29 is 9.53 Å². The molecule has 0 aliphatic rings. The molecule has 0 saturated heterocycles. The minimum atomic E-state index is -0.0962. The largest absolute Gasteiger partial charge is 0.494 e. The number of carbonyl (C=O) groups excluding carboxylic acids is 1. The van der Waals surface area contributed by atoms with Crippen molar-refractivity contribution in [2.45, 2.75) is 6.42 Å². The molecule has 2 heterocycles. The van der Waals surface area contributed by atoms with Gasteiger partial charge in [0, 0.05) is 18.1 Å². The zero-order valence-electron chi connectivity index (χ0n) is 9.46. The maximum Gasteiger partial charge on any atom is 0.190 e. The van der Waals surface area contributed by atoms with Crippen LogP contribution < -0.4 is 4.74 Å². The number of rotatable bonds is 4. The predicted octanol–water partition coefficient (Wildman–Crippen LogP) is 1.91. The lowest BCUT2D eigenvalue weighted by atomic mass is 10.1. The van der Waals surface area contributed by atoms with Gasteiger partial charge >= 0.3 is 0 Å². The number of pyridine rings is 2. The molecule has 0 aliphatic carbocycles. The number of carbonyl (C=O) groups is 1. The Morgan fingerprint density at radius 3 is 2.71 bits per heavy atom. The first kappa shape index (κ1) is 11.3. The molecule has 0 aromatic carbocycles. The summed E-state index contributed by atoms with van der Waals surface area (Å²) in [6.45, 7) is 0. The van der Waals surface area contributed by atoms with Gasteiger partial charge in [0.2, 0.25) is 0 Å². The van der Waals surface area contributed by atoms with E-state index in [1.807, 2.05) is 18.2 Å². The number of nitrogens with zero attached hydrogens (tertiary/aromatic N) is 2. The van der Waals surface area contributed by atoms with E-state index in [1.54, 1.807) is 24.5 Å². The first-order chi connectivity index (χ1) is 8.31. The molecule has 0 unspecified atom stereocenters. The van der Waals surface area contributed by atoms with Crippen LogP contribution in [0, 0.1) is 0 Å². The number of hydrogen-bond acceptors (Lipinski definition) is 4. The Bertz CT molecular complexity index is 512. The van der Waals surface area contributed by atoms with Gasteiger partial charge in [-0.05, 0) is 24.3 Å². The number of Topliss-reactive ketones (excluding diaryl/α,β-unsaturated/α-hetero) is 1. The van der Waals surface area contributed by atoms with E-state index in [-0.39, 0.29) is 12.2 Å². The van der Waals surface area contributed by atoms with E-state index in [0.29, 0.717) is 11.4 Å². The second-order valence-corrected chi connectivity index (χ2v) is 3.48. The zero-order valence-corrected chi connectivity index (χ0v) is 9.46. The van der Waals surface area contributed by atoms with Gasteiger partial charge in [-0.1, -0.05) is 6.07 Å². The molecule has 2 rings (SSSR count). The molecule has 86 valence electrons. The molecular formula is C13H12N2O2. The van der Waals surface area contributed by atoms with Gasteiger partial charge in [0.25, 0.3) is 0 Å². The molecule has 0 saturated carbocycles. The number of ketones is 1. The van der Waals surface area contributed by atoms with E-state index in [9.17, 15) is 4.79 Å². The van der Waals surface area contributed by atoms with Crippen molar-refractivity contribution in [2.24, 2.45) is 0 Å². The molecule has 4 heteroatoms. The smallest absolute Gasteiger partial charge is 0.190 e. The lowest BCUT2D eigenvalue weighted by molar-refractivity contribution is 0.0984. The van der Waals surface area contributed by atoms with Crippen LogP contribution in [0.4, 0.5) is 0 Å². The van der Waals surface area contributed by atoms with Gasteiger partial charge < -0.3 is 4.74 Å². The average molecular weight is 228 g/mol. The van der Waals surface area contributed by atoms with Crippen LogP contribution in [-0.2, 0) is 6.42 Å². The van der Waals surface area contributed by atoms with Crippen LogP contribution in [0.2, 0.25) is 0 Å². The Hall–Kier alpha value is -2.23. The van der Waals surface area contributed by atoms with Gasteiger partial charge in [-0.3, -0.25) is 9.78 Å². The van der Waals surface area contributed by atoms with E-state index < -0.39 is 0 Å². The molecule has 0 radical (unpaired) electrons. The molecule has 0 fully saturated rings. The maximum absolute atomic E-state index is 12.0. The Balaban J connectivity index is 2.20. The fourth-order valence-corrected chi connectivity index (χ4v) is 1.52. The minimum Gasteiger partial charge on any atom is -0.494 e. The molecule has 0 N–H and O–H groups in total. The monoisotopic (exact) mass is 228 g/mol. The van der Waals surface area contributed by atoms with Gasteiger partial charge in [0.05, 0.1) is 13.5 Å². The molecule has 0 bridgehead atoms. The molecule has 0 aliphatic heterocycles. The molecule has 2 aromatic heterocycles. The first-order valence-electron chi connectivity index (χ1n) is 5.23. The number of ether oxygens (including phenoxy) is 1. The normalized spacial score (nSPS) is 9.94. The molecular weight excluding hydrogens is 216 g/mol. The Morgan fingerprint density at radius 2 is 2.00 bits per heavy atom. The van der Waals surface area contributed by atoms with Crippen molar-refractivity contribution in [3.63, 3.8) is 0 Å². The summed E-state index contributed by atoms with van der Waals surface area (Å²) in [7, 11) is 1.52. The highest BCUT2D eigenvalue weighted by Crippen LogP contribution is 2.16. The van der Waals surface area contributed by atoms with Gasteiger partial charge in [0.1, 0.15) is 11.4 Å². The van der Waals surface area contributed by atoms with Crippen molar-refractivity contribution in [1.82, 2.24) is 9.97 Å². The second-order valence-electron chi connectivity index (χ2n) is 3.48. The quantitative estimate of drug-likeness (QED) is 0.750. The summed E-state index contributed by atoms with van der Waals surface area (Å²) < 4.78 is 5.10. The van der Waals surface area contributed by atoms with Crippen LogP contribution in [0.25, 0.3) is 0 Å². The van der Waals surface area contributed by atoms with Crippen molar-refractivity contribution >= 4 is 5.78 Å². The van der Waals surface area contributed by atoms with E-state index in [0.717, 1.165) is 5.69 Å². The first-order valence-corrected chi connectivity index (χ1v) is 5.23. The van der Waals surface area contributed by atoms with Crippen molar-refractivity contribution in [3.05, 3.63) is 54.1 Å². The second kappa shape index (κ2) is 5.21. The fourth-order valence-electron chi connectivity index (χ4n) is 1.52. The summed E-state index contributed by atoms with van der Waals surface area (Å²) in [5.41, 5.74) is 1.07.